The average Bonchev–Trinajstić information content (AvgIpc) is 3.08. The highest BCUT2D eigenvalue weighted by Crippen LogP contribution is 2.16. The molecule has 5 heteroatoms. The minimum Gasteiger partial charge on any atom is -0.341 e. The summed E-state index contributed by atoms with van der Waals surface area (Å²) in [7, 11) is 2.13. The molecule has 2 aromatic heterocycles. The molecule has 0 spiro atoms. The summed E-state index contributed by atoms with van der Waals surface area (Å²) in [5, 5.41) is 4.22. The van der Waals surface area contributed by atoms with Crippen LogP contribution in [-0.4, -0.2) is 38.2 Å². The zero-order chi connectivity index (χ0) is 14.7. The third kappa shape index (κ3) is 3.31. The standard InChI is InChI=1S/C16H21N5/c1-13-6-3-7-14-16(13)19-15(18-14)12-20(2)9-5-11-21-10-4-8-17-21/h3-4,6-8,10H,5,9,11-12H2,1-2H3,(H,18,19). The first-order valence-corrected chi connectivity index (χ1v) is 7.32. The molecular weight excluding hydrogens is 262 g/mol. The van der Waals surface area contributed by atoms with Gasteiger partial charge < -0.3 is 4.98 Å². The number of fused-ring (bicyclic) bond motifs is 1. The quantitative estimate of drug-likeness (QED) is 0.756. The van der Waals surface area contributed by atoms with E-state index >= 15 is 0 Å². The Morgan fingerprint density at radius 1 is 1.29 bits per heavy atom. The van der Waals surface area contributed by atoms with Gasteiger partial charge in [-0.2, -0.15) is 5.10 Å². The zero-order valence-corrected chi connectivity index (χ0v) is 12.6. The number of para-hydroxylation sites is 1. The number of hydrogen-bond donors (Lipinski definition) is 1. The van der Waals surface area contributed by atoms with E-state index in [0.29, 0.717) is 0 Å². The first-order chi connectivity index (χ1) is 10.2. The molecule has 3 rings (SSSR count). The van der Waals surface area contributed by atoms with Crippen LogP contribution in [-0.2, 0) is 13.1 Å². The van der Waals surface area contributed by atoms with Gasteiger partial charge in [0, 0.05) is 25.5 Å². The van der Waals surface area contributed by atoms with E-state index in [-0.39, 0.29) is 0 Å². The molecule has 0 atom stereocenters. The summed E-state index contributed by atoms with van der Waals surface area (Å²) >= 11 is 0. The summed E-state index contributed by atoms with van der Waals surface area (Å²) in [6.45, 7) is 4.92. The maximum Gasteiger partial charge on any atom is 0.121 e. The SMILES string of the molecule is Cc1cccc2[nH]c(CN(C)CCCn3cccn3)nc12. The minimum absolute atomic E-state index is 0.841. The third-order valence-corrected chi connectivity index (χ3v) is 3.67. The van der Waals surface area contributed by atoms with E-state index in [4.69, 9.17) is 4.98 Å². The maximum atomic E-state index is 4.70. The van der Waals surface area contributed by atoms with Gasteiger partial charge in [-0.05, 0) is 38.1 Å². The van der Waals surface area contributed by atoms with Gasteiger partial charge >= 0.3 is 0 Å². The van der Waals surface area contributed by atoms with E-state index in [1.54, 1.807) is 0 Å². The van der Waals surface area contributed by atoms with Gasteiger partial charge in [0.2, 0.25) is 0 Å². The van der Waals surface area contributed by atoms with Gasteiger partial charge in [0.25, 0.3) is 0 Å². The van der Waals surface area contributed by atoms with E-state index in [9.17, 15) is 0 Å². The highest BCUT2D eigenvalue weighted by Gasteiger charge is 2.07. The summed E-state index contributed by atoms with van der Waals surface area (Å²) in [6, 6.07) is 8.20. The number of imidazole rings is 1. The van der Waals surface area contributed by atoms with Crippen LogP contribution in [0.3, 0.4) is 0 Å². The van der Waals surface area contributed by atoms with Crippen LogP contribution in [0.2, 0.25) is 0 Å². The van der Waals surface area contributed by atoms with Gasteiger partial charge in [-0.25, -0.2) is 4.98 Å². The molecule has 0 amide bonds. The Morgan fingerprint density at radius 3 is 2.95 bits per heavy atom. The predicted octanol–water partition coefficient (Wildman–Crippen LogP) is 2.59. The monoisotopic (exact) mass is 283 g/mol. The fraction of sp³-hybridized carbons (Fsp3) is 0.375. The molecule has 0 aliphatic carbocycles. The van der Waals surface area contributed by atoms with Crippen LogP contribution in [0.15, 0.2) is 36.7 Å². The molecule has 0 saturated heterocycles. The number of nitrogens with one attached hydrogen (secondary N) is 1. The van der Waals surface area contributed by atoms with Crippen LogP contribution >= 0.6 is 0 Å². The Labute approximate surface area is 124 Å². The number of aromatic nitrogens is 4. The smallest absolute Gasteiger partial charge is 0.121 e. The second kappa shape index (κ2) is 6.10. The summed E-state index contributed by atoms with van der Waals surface area (Å²) < 4.78 is 1.97. The van der Waals surface area contributed by atoms with E-state index in [0.717, 1.165) is 42.9 Å². The van der Waals surface area contributed by atoms with Crippen LogP contribution in [0.1, 0.15) is 17.8 Å². The van der Waals surface area contributed by atoms with Gasteiger partial charge in [0.15, 0.2) is 0 Å². The first-order valence-electron chi connectivity index (χ1n) is 7.32. The molecule has 5 nitrogen and oxygen atoms in total. The zero-order valence-electron chi connectivity index (χ0n) is 12.6. The topological polar surface area (TPSA) is 49.7 Å². The van der Waals surface area contributed by atoms with Crippen molar-refractivity contribution in [3.63, 3.8) is 0 Å². The molecular formula is C16H21N5. The minimum atomic E-state index is 0.841. The van der Waals surface area contributed by atoms with Crippen LogP contribution in [0, 0.1) is 6.92 Å². The summed E-state index contributed by atoms with van der Waals surface area (Å²) in [5.41, 5.74) is 3.42. The van der Waals surface area contributed by atoms with Crippen LogP contribution in [0.25, 0.3) is 11.0 Å². The molecule has 1 N–H and O–H groups in total. The maximum absolute atomic E-state index is 4.70. The van der Waals surface area contributed by atoms with Crippen molar-refractivity contribution in [1.82, 2.24) is 24.6 Å². The Balaban J connectivity index is 1.56. The van der Waals surface area contributed by atoms with Gasteiger partial charge in [-0.15, -0.1) is 0 Å². The van der Waals surface area contributed by atoms with Crippen LogP contribution in [0.4, 0.5) is 0 Å². The summed E-state index contributed by atoms with van der Waals surface area (Å²) in [5.74, 6) is 1.03. The van der Waals surface area contributed by atoms with Gasteiger partial charge in [0.1, 0.15) is 5.82 Å². The number of aryl methyl sites for hydroxylation is 2. The van der Waals surface area contributed by atoms with Crippen molar-refractivity contribution in [2.75, 3.05) is 13.6 Å². The second-order valence-corrected chi connectivity index (χ2v) is 5.52. The largest absolute Gasteiger partial charge is 0.341 e. The lowest BCUT2D eigenvalue weighted by molar-refractivity contribution is 0.305. The predicted molar refractivity (Wildman–Crippen MR) is 84.0 cm³/mol. The van der Waals surface area contributed by atoms with Crippen molar-refractivity contribution >= 4 is 11.0 Å². The summed E-state index contributed by atoms with van der Waals surface area (Å²) in [4.78, 5) is 10.4. The Bertz CT molecular complexity index is 699. The fourth-order valence-corrected chi connectivity index (χ4v) is 2.57. The lowest BCUT2D eigenvalue weighted by Gasteiger charge is -2.14. The molecule has 0 bridgehead atoms. The van der Waals surface area contributed by atoms with E-state index in [2.05, 4.69) is 47.2 Å². The van der Waals surface area contributed by atoms with Crippen molar-refractivity contribution in [2.24, 2.45) is 0 Å². The molecule has 0 unspecified atom stereocenters. The number of rotatable bonds is 6. The average molecular weight is 283 g/mol. The van der Waals surface area contributed by atoms with Gasteiger partial charge in [-0.3, -0.25) is 9.58 Å². The number of H-pyrrole nitrogens is 1. The molecule has 0 radical (unpaired) electrons. The van der Waals surface area contributed by atoms with Crippen LogP contribution < -0.4 is 0 Å². The molecule has 0 fully saturated rings. The molecule has 110 valence electrons. The van der Waals surface area contributed by atoms with Crippen molar-refractivity contribution in [1.29, 1.82) is 0 Å². The first kappa shape index (κ1) is 13.8. The second-order valence-electron chi connectivity index (χ2n) is 5.52. The molecule has 0 saturated carbocycles. The van der Waals surface area contributed by atoms with E-state index in [1.807, 2.05) is 23.1 Å². The Kier molecular flexibility index (Phi) is 4.01. The van der Waals surface area contributed by atoms with Crippen LogP contribution in [0.5, 0.6) is 0 Å². The van der Waals surface area contributed by atoms with Crippen molar-refractivity contribution in [3.8, 4) is 0 Å². The third-order valence-electron chi connectivity index (χ3n) is 3.67. The number of nitrogens with zero attached hydrogens (tertiary/aromatic N) is 4. The molecule has 3 aromatic rings. The van der Waals surface area contributed by atoms with Crippen molar-refractivity contribution in [2.45, 2.75) is 26.4 Å². The fourth-order valence-electron chi connectivity index (χ4n) is 2.57. The Morgan fingerprint density at radius 2 is 2.19 bits per heavy atom. The van der Waals surface area contributed by atoms with E-state index in [1.165, 1.54) is 5.56 Å². The van der Waals surface area contributed by atoms with Gasteiger partial charge in [0.05, 0.1) is 17.6 Å². The molecule has 21 heavy (non-hydrogen) atoms. The van der Waals surface area contributed by atoms with Gasteiger partial charge in [-0.1, -0.05) is 12.1 Å². The highest BCUT2D eigenvalue weighted by molar-refractivity contribution is 5.78. The Hall–Kier alpha value is -2.14. The molecule has 0 aliphatic rings. The number of benzene rings is 1. The summed E-state index contributed by atoms with van der Waals surface area (Å²) in [6.07, 6.45) is 4.90. The lowest BCUT2D eigenvalue weighted by atomic mass is 10.2. The normalized spacial score (nSPS) is 11.6. The van der Waals surface area contributed by atoms with Crippen molar-refractivity contribution < 1.29 is 0 Å². The molecule has 0 aliphatic heterocycles. The lowest BCUT2D eigenvalue weighted by Crippen LogP contribution is -2.21. The number of aromatic amines is 1. The number of hydrogen-bond acceptors (Lipinski definition) is 3. The van der Waals surface area contributed by atoms with E-state index < -0.39 is 0 Å². The van der Waals surface area contributed by atoms with Crippen molar-refractivity contribution in [3.05, 3.63) is 48.0 Å². The highest BCUT2D eigenvalue weighted by atomic mass is 15.3. The molecule has 1 aromatic carbocycles. The molecule has 2 heterocycles.